The van der Waals surface area contributed by atoms with Crippen molar-refractivity contribution in [3.05, 3.63) is 17.5 Å². The first-order valence-corrected chi connectivity index (χ1v) is 7.69. The number of amides is 2. The van der Waals surface area contributed by atoms with Gasteiger partial charge in [-0.05, 0) is 38.7 Å². The minimum Gasteiger partial charge on any atom is -0.376 e. The minimum absolute atomic E-state index is 0.120. The van der Waals surface area contributed by atoms with Gasteiger partial charge in [0.15, 0.2) is 0 Å². The first-order chi connectivity index (χ1) is 10.0. The van der Waals surface area contributed by atoms with Gasteiger partial charge in [0, 0.05) is 31.9 Å². The third kappa shape index (κ3) is 5.04. The van der Waals surface area contributed by atoms with Crippen molar-refractivity contribution in [1.82, 2.24) is 20.4 Å². The van der Waals surface area contributed by atoms with Crippen molar-refractivity contribution < 1.29 is 9.53 Å². The number of nitrogens with one attached hydrogen (secondary N) is 2. The fraction of sp³-hybridized carbons (Fsp3) is 0.733. The molecule has 2 rings (SSSR count). The third-order valence-electron chi connectivity index (χ3n) is 3.71. The Morgan fingerprint density at radius 2 is 2.33 bits per heavy atom. The van der Waals surface area contributed by atoms with E-state index in [9.17, 15) is 4.79 Å². The summed E-state index contributed by atoms with van der Waals surface area (Å²) in [6, 6.07) is 1.94. The van der Waals surface area contributed by atoms with Gasteiger partial charge in [-0.25, -0.2) is 4.79 Å². The summed E-state index contributed by atoms with van der Waals surface area (Å²) in [5, 5.41) is 10.2. The van der Waals surface area contributed by atoms with E-state index < -0.39 is 0 Å². The third-order valence-corrected chi connectivity index (χ3v) is 3.71. The normalized spacial score (nSPS) is 19.5. The van der Waals surface area contributed by atoms with Crippen molar-refractivity contribution in [1.29, 1.82) is 0 Å². The predicted molar refractivity (Wildman–Crippen MR) is 81.2 cm³/mol. The second kappa shape index (κ2) is 7.45. The maximum absolute atomic E-state index is 11.7. The molecular weight excluding hydrogens is 268 g/mol. The number of carbonyl (C=O) groups excluding carboxylic acids is 1. The molecule has 2 atom stereocenters. The maximum atomic E-state index is 11.7. The smallest absolute Gasteiger partial charge is 0.314 e. The fourth-order valence-electron chi connectivity index (χ4n) is 2.56. The first-order valence-electron chi connectivity index (χ1n) is 7.69. The molecule has 1 aliphatic heterocycles. The molecule has 0 bridgehead atoms. The molecule has 21 heavy (non-hydrogen) atoms. The summed E-state index contributed by atoms with van der Waals surface area (Å²) in [7, 11) is 0. The van der Waals surface area contributed by atoms with Crippen molar-refractivity contribution in [2.75, 3.05) is 19.7 Å². The van der Waals surface area contributed by atoms with Crippen LogP contribution in [0.25, 0.3) is 0 Å². The second-order valence-corrected chi connectivity index (χ2v) is 5.94. The fourth-order valence-corrected chi connectivity index (χ4v) is 2.56. The van der Waals surface area contributed by atoms with Crippen LogP contribution in [0.15, 0.2) is 6.07 Å². The lowest BCUT2D eigenvalue weighted by molar-refractivity contribution is 0.111. The Kier molecular flexibility index (Phi) is 5.61. The quantitative estimate of drug-likeness (QED) is 0.837. The summed E-state index contributed by atoms with van der Waals surface area (Å²) in [6.45, 7) is 9.00. The molecule has 1 fully saturated rings. The Morgan fingerprint density at radius 3 is 2.95 bits per heavy atom. The molecule has 6 nitrogen and oxygen atoms in total. The molecule has 0 aliphatic carbocycles. The Bertz CT molecular complexity index is 466. The van der Waals surface area contributed by atoms with Crippen molar-refractivity contribution >= 4 is 6.03 Å². The van der Waals surface area contributed by atoms with Gasteiger partial charge in [-0.3, -0.25) is 4.68 Å². The van der Waals surface area contributed by atoms with E-state index >= 15 is 0 Å². The summed E-state index contributed by atoms with van der Waals surface area (Å²) in [6.07, 6.45) is 2.31. The number of rotatable bonds is 6. The van der Waals surface area contributed by atoms with Gasteiger partial charge in [-0.15, -0.1) is 0 Å². The van der Waals surface area contributed by atoms with Crippen LogP contribution >= 0.6 is 0 Å². The Labute approximate surface area is 126 Å². The van der Waals surface area contributed by atoms with E-state index in [1.807, 2.05) is 11.6 Å². The Hall–Kier alpha value is -1.56. The second-order valence-electron chi connectivity index (χ2n) is 5.94. The van der Waals surface area contributed by atoms with E-state index in [0.717, 1.165) is 37.4 Å². The molecule has 2 N–H and O–H groups in total. The van der Waals surface area contributed by atoms with E-state index in [-0.39, 0.29) is 12.1 Å². The molecule has 1 saturated heterocycles. The van der Waals surface area contributed by atoms with Crippen LogP contribution in [-0.2, 0) is 11.3 Å². The molecule has 118 valence electrons. The summed E-state index contributed by atoms with van der Waals surface area (Å²) < 4.78 is 7.46. The van der Waals surface area contributed by atoms with Gasteiger partial charge >= 0.3 is 6.03 Å². The van der Waals surface area contributed by atoms with Crippen LogP contribution in [-0.4, -0.2) is 41.6 Å². The van der Waals surface area contributed by atoms with E-state index in [1.54, 1.807) is 0 Å². The molecular formula is C15H26N4O2. The van der Waals surface area contributed by atoms with Gasteiger partial charge < -0.3 is 15.4 Å². The topological polar surface area (TPSA) is 68.2 Å². The molecule has 2 amide bonds. The van der Waals surface area contributed by atoms with E-state index in [2.05, 4.69) is 35.6 Å². The summed E-state index contributed by atoms with van der Waals surface area (Å²) in [5.41, 5.74) is 2.18. The van der Waals surface area contributed by atoms with Crippen molar-refractivity contribution in [3.8, 4) is 0 Å². The SMILES string of the molecule is Cc1cc(C)n(C[C@H](C)CNC(=O)NC[C@H]2CCCO2)n1. The van der Waals surface area contributed by atoms with Crippen molar-refractivity contribution in [2.45, 2.75) is 46.3 Å². The molecule has 1 aliphatic rings. The molecule has 0 unspecified atom stereocenters. The Morgan fingerprint density at radius 1 is 1.52 bits per heavy atom. The number of aryl methyl sites for hydroxylation is 2. The lowest BCUT2D eigenvalue weighted by Gasteiger charge is -2.15. The van der Waals surface area contributed by atoms with Crippen LogP contribution in [0.1, 0.15) is 31.2 Å². The monoisotopic (exact) mass is 294 g/mol. The summed E-state index contributed by atoms with van der Waals surface area (Å²) in [4.78, 5) is 11.7. The van der Waals surface area contributed by atoms with E-state index in [0.29, 0.717) is 19.0 Å². The summed E-state index contributed by atoms with van der Waals surface area (Å²) >= 11 is 0. The van der Waals surface area contributed by atoms with Gasteiger partial charge in [0.1, 0.15) is 0 Å². The Balaban J connectivity index is 1.64. The number of urea groups is 1. The van der Waals surface area contributed by atoms with Crippen LogP contribution in [0, 0.1) is 19.8 Å². The van der Waals surface area contributed by atoms with E-state index in [4.69, 9.17) is 4.74 Å². The first kappa shape index (κ1) is 15.8. The standard InChI is InChI=1S/C15H26N4O2/c1-11(10-19-13(3)7-12(2)18-19)8-16-15(20)17-9-14-5-4-6-21-14/h7,11,14H,4-6,8-10H2,1-3H3,(H2,16,17,20)/t11-,14-/m1/s1. The largest absolute Gasteiger partial charge is 0.376 e. The zero-order chi connectivity index (χ0) is 15.2. The van der Waals surface area contributed by atoms with Gasteiger partial charge in [-0.2, -0.15) is 5.10 Å². The lowest BCUT2D eigenvalue weighted by Crippen LogP contribution is -2.41. The number of ether oxygens (including phenoxy) is 1. The number of nitrogens with zero attached hydrogens (tertiary/aromatic N) is 2. The van der Waals surface area contributed by atoms with Crippen LogP contribution in [0.2, 0.25) is 0 Å². The average Bonchev–Trinajstić information content (AvgIpc) is 3.04. The van der Waals surface area contributed by atoms with Gasteiger partial charge in [0.25, 0.3) is 0 Å². The molecule has 2 heterocycles. The summed E-state index contributed by atoms with van der Waals surface area (Å²) in [5.74, 6) is 0.330. The highest BCUT2D eigenvalue weighted by Gasteiger charge is 2.16. The van der Waals surface area contributed by atoms with Crippen molar-refractivity contribution in [3.63, 3.8) is 0 Å². The highest BCUT2D eigenvalue weighted by Crippen LogP contribution is 2.10. The van der Waals surface area contributed by atoms with Crippen LogP contribution in [0.5, 0.6) is 0 Å². The van der Waals surface area contributed by atoms with Gasteiger partial charge in [-0.1, -0.05) is 6.92 Å². The van der Waals surface area contributed by atoms with Crippen LogP contribution in [0.4, 0.5) is 4.79 Å². The highest BCUT2D eigenvalue weighted by molar-refractivity contribution is 5.73. The van der Waals surface area contributed by atoms with Crippen molar-refractivity contribution in [2.24, 2.45) is 5.92 Å². The number of hydrogen-bond acceptors (Lipinski definition) is 3. The molecule has 0 radical (unpaired) electrons. The molecule has 0 saturated carbocycles. The molecule has 6 heteroatoms. The zero-order valence-corrected chi connectivity index (χ0v) is 13.2. The maximum Gasteiger partial charge on any atom is 0.314 e. The molecule has 1 aromatic rings. The van der Waals surface area contributed by atoms with E-state index in [1.165, 1.54) is 0 Å². The van der Waals surface area contributed by atoms with Crippen LogP contribution in [0.3, 0.4) is 0 Å². The van der Waals surface area contributed by atoms with Gasteiger partial charge in [0.2, 0.25) is 0 Å². The molecule has 1 aromatic heterocycles. The number of aromatic nitrogens is 2. The average molecular weight is 294 g/mol. The minimum atomic E-state index is -0.120. The molecule has 0 spiro atoms. The lowest BCUT2D eigenvalue weighted by atomic mass is 10.2. The van der Waals surface area contributed by atoms with Crippen LogP contribution < -0.4 is 10.6 Å². The number of hydrogen-bond donors (Lipinski definition) is 2. The zero-order valence-electron chi connectivity index (χ0n) is 13.2. The number of carbonyl (C=O) groups is 1. The molecule has 0 aromatic carbocycles. The van der Waals surface area contributed by atoms with Gasteiger partial charge in [0.05, 0.1) is 11.8 Å². The predicted octanol–water partition coefficient (Wildman–Crippen LogP) is 1.61. The highest BCUT2D eigenvalue weighted by atomic mass is 16.5.